The minimum Gasteiger partial charge on any atom is -0.373 e. The highest BCUT2D eigenvalue weighted by Crippen LogP contribution is 2.37. The van der Waals surface area contributed by atoms with E-state index in [1.165, 1.54) is 6.07 Å². The Morgan fingerprint density at radius 3 is 2.66 bits per heavy atom. The largest absolute Gasteiger partial charge is 0.416 e. The fourth-order valence-corrected chi connectivity index (χ4v) is 5.91. The number of anilines is 1. The Bertz CT molecular complexity index is 1040. The molecule has 2 aromatic rings. The molecule has 1 N–H and O–H groups in total. The topological polar surface area (TPSA) is 48.5 Å². The van der Waals surface area contributed by atoms with Gasteiger partial charge in [-0.15, -0.1) is 0 Å². The molecule has 5 nitrogen and oxygen atoms in total. The number of amides is 1. The molecule has 1 aliphatic heterocycles. The number of rotatable bonds is 7. The van der Waals surface area contributed by atoms with Crippen molar-refractivity contribution in [3.8, 4) is 0 Å². The normalized spacial score (nSPS) is 25.7. The van der Waals surface area contributed by atoms with E-state index in [1.807, 2.05) is 4.90 Å². The molecule has 4 rings (SSSR count). The average Bonchev–Trinajstić information content (AvgIpc) is 3.17. The molecule has 1 aromatic carbocycles. The summed E-state index contributed by atoms with van der Waals surface area (Å²) in [6.07, 6.45) is 3.15. The molecule has 35 heavy (non-hydrogen) atoms. The third-order valence-electron chi connectivity index (χ3n) is 8.00. The molecule has 1 saturated carbocycles. The molecule has 2 heterocycles. The Balaban J connectivity index is 1.50. The van der Waals surface area contributed by atoms with Crippen LogP contribution in [0.2, 0.25) is 0 Å². The van der Waals surface area contributed by atoms with Crippen molar-refractivity contribution in [1.82, 2.24) is 14.8 Å². The van der Waals surface area contributed by atoms with Crippen LogP contribution in [0.3, 0.4) is 0 Å². The summed E-state index contributed by atoms with van der Waals surface area (Å²) >= 11 is 0. The van der Waals surface area contributed by atoms with Gasteiger partial charge in [0.05, 0.1) is 11.1 Å². The van der Waals surface area contributed by atoms with Crippen LogP contribution in [0.4, 0.5) is 18.9 Å². The summed E-state index contributed by atoms with van der Waals surface area (Å²) in [7, 11) is 2.20. The van der Waals surface area contributed by atoms with Crippen molar-refractivity contribution >= 4 is 22.5 Å². The zero-order valence-corrected chi connectivity index (χ0v) is 21.1. The second kappa shape index (κ2) is 10.3. The number of alkyl halides is 3. The molecule has 192 valence electrons. The van der Waals surface area contributed by atoms with Gasteiger partial charge in [-0.1, -0.05) is 13.3 Å². The highest BCUT2D eigenvalue weighted by molar-refractivity contribution is 5.95. The Kier molecular flexibility index (Phi) is 7.60. The number of halogens is 3. The van der Waals surface area contributed by atoms with E-state index in [0.29, 0.717) is 47.6 Å². The van der Waals surface area contributed by atoms with E-state index in [9.17, 15) is 18.0 Å². The van der Waals surface area contributed by atoms with Crippen molar-refractivity contribution in [3.63, 3.8) is 0 Å². The number of aromatic nitrogens is 1. The van der Waals surface area contributed by atoms with Crippen LogP contribution in [0, 0.1) is 5.92 Å². The molecule has 1 saturated heterocycles. The Labute approximate surface area is 206 Å². The van der Waals surface area contributed by atoms with Crippen LogP contribution in [-0.4, -0.2) is 58.5 Å². The van der Waals surface area contributed by atoms with Crippen molar-refractivity contribution < 1.29 is 18.0 Å². The summed E-state index contributed by atoms with van der Waals surface area (Å²) in [5, 5.41) is 3.65. The Hall–Kier alpha value is -2.35. The smallest absolute Gasteiger partial charge is 0.373 e. The predicted octanol–water partition coefficient (Wildman–Crippen LogP) is 5.94. The first kappa shape index (κ1) is 25.7. The molecule has 1 aromatic heterocycles. The highest BCUT2D eigenvalue weighted by Gasteiger charge is 2.42. The highest BCUT2D eigenvalue weighted by atomic mass is 19.4. The summed E-state index contributed by atoms with van der Waals surface area (Å²) in [6.45, 7) is 7.33. The number of likely N-dealkylation sites (tertiary alicyclic amines) is 1. The van der Waals surface area contributed by atoms with E-state index in [1.54, 1.807) is 12.3 Å². The molecular formula is C27H37F3N4O. The van der Waals surface area contributed by atoms with Crippen LogP contribution in [0.25, 0.3) is 10.9 Å². The van der Waals surface area contributed by atoms with Gasteiger partial charge < -0.3 is 15.1 Å². The van der Waals surface area contributed by atoms with Gasteiger partial charge >= 0.3 is 6.18 Å². The van der Waals surface area contributed by atoms with E-state index in [0.717, 1.165) is 44.2 Å². The van der Waals surface area contributed by atoms with Crippen LogP contribution in [0.5, 0.6) is 0 Å². The van der Waals surface area contributed by atoms with Crippen molar-refractivity contribution in [2.75, 3.05) is 18.9 Å². The van der Waals surface area contributed by atoms with Crippen molar-refractivity contribution in [2.45, 2.75) is 89.6 Å². The molecule has 1 aliphatic carbocycles. The molecule has 8 heteroatoms. The number of nitrogens with one attached hydrogen (secondary N) is 1. The lowest BCUT2D eigenvalue weighted by molar-refractivity contribution is -0.137. The number of hydrogen-bond acceptors (Lipinski definition) is 4. The van der Waals surface area contributed by atoms with Crippen LogP contribution in [0.15, 0.2) is 30.5 Å². The molecule has 0 unspecified atom stereocenters. The molecule has 2 fully saturated rings. The number of fused-ring (bicyclic) bond motifs is 1. The quantitative estimate of drug-likeness (QED) is 0.522. The molecule has 0 bridgehead atoms. The fraction of sp³-hybridized carbons (Fsp3) is 0.630. The van der Waals surface area contributed by atoms with Crippen molar-refractivity contribution in [2.24, 2.45) is 5.92 Å². The lowest BCUT2D eigenvalue weighted by atomic mass is 9.77. The molecule has 2 aliphatic rings. The third kappa shape index (κ3) is 5.42. The maximum Gasteiger partial charge on any atom is 0.416 e. The van der Waals surface area contributed by atoms with Gasteiger partial charge in [0.2, 0.25) is 5.91 Å². The number of pyridine rings is 1. The summed E-state index contributed by atoms with van der Waals surface area (Å²) in [6, 6.07) is 6.04. The van der Waals surface area contributed by atoms with Gasteiger partial charge in [-0.25, -0.2) is 0 Å². The van der Waals surface area contributed by atoms with E-state index in [2.05, 4.69) is 43.0 Å². The second-order valence-corrected chi connectivity index (χ2v) is 10.4. The number of nitrogens with zero attached hydrogens (tertiary/aromatic N) is 3. The first-order chi connectivity index (χ1) is 16.6. The van der Waals surface area contributed by atoms with Gasteiger partial charge in [0, 0.05) is 41.9 Å². The van der Waals surface area contributed by atoms with E-state index >= 15 is 0 Å². The van der Waals surface area contributed by atoms with Gasteiger partial charge in [0.25, 0.3) is 0 Å². The van der Waals surface area contributed by atoms with Gasteiger partial charge in [-0.2, -0.15) is 13.2 Å². The van der Waals surface area contributed by atoms with Gasteiger partial charge in [0.1, 0.15) is 6.04 Å². The summed E-state index contributed by atoms with van der Waals surface area (Å²) in [4.78, 5) is 22.2. The van der Waals surface area contributed by atoms with Crippen molar-refractivity contribution in [1.29, 1.82) is 0 Å². The van der Waals surface area contributed by atoms with Crippen LogP contribution < -0.4 is 5.32 Å². The molecule has 4 atom stereocenters. The molecular weight excluding hydrogens is 453 g/mol. The second-order valence-electron chi connectivity index (χ2n) is 10.4. The van der Waals surface area contributed by atoms with Crippen LogP contribution >= 0.6 is 0 Å². The van der Waals surface area contributed by atoms with E-state index < -0.39 is 17.8 Å². The summed E-state index contributed by atoms with van der Waals surface area (Å²) < 4.78 is 39.9. The summed E-state index contributed by atoms with van der Waals surface area (Å²) in [5.41, 5.74) is 0.278. The molecule has 1 amide bonds. The maximum atomic E-state index is 13.5. The first-order valence-corrected chi connectivity index (χ1v) is 12.8. The number of benzene rings is 1. The number of hydrogen-bond donors (Lipinski definition) is 1. The first-order valence-electron chi connectivity index (χ1n) is 12.8. The standard InChI is InChI=1S/C27H37F3N4O/c1-5-6-18-15-20(33(4)17(2)3)8-10-25(18)34-14-12-24(26(34)35)32-23-11-13-31-22-9-7-19(16-21(22)23)27(28,29)30/h7,9,11,13,16-18,20,24-25H,5-6,8,10,12,14-15H2,1-4H3,(H,31,32)/t18-,20-,24+,25+/m1/s1. The van der Waals surface area contributed by atoms with E-state index in [-0.39, 0.29) is 11.9 Å². The minimum atomic E-state index is -4.43. The maximum absolute atomic E-state index is 13.5. The Morgan fingerprint density at radius 1 is 1.20 bits per heavy atom. The van der Waals surface area contributed by atoms with E-state index in [4.69, 9.17) is 0 Å². The lowest BCUT2D eigenvalue weighted by Gasteiger charge is -2.44. The zero-order valence-electron chi connectivity index (χ0n) is 21.1. The Morgan fingerprint density at radius 2 is 1.97 bits per heavy atom. The fourth-order valence-electron chi connectivity index (χ4n) is 5.91. The monoisotopic (exact) mass is 490 g/mol. The van der Waals surface area contributed by atoms with Crippen molar-refractivity contribution in [3.05, 3.63) is 36.0 Å². The van der Waals surface area contributed by atoms with Gasteiger partial charge in [-0.05, 0) is 83.2 Å². The summed E-state index contributed by atoms with van der Waals surface area (Å²) in [5.74, 6) is 0.530. The van der Waals surface area contributed by atoms with Gasteiger partial charge in [0.15, 0.2) is 0 Å². The minimum absolute atomic E-state index is 0.0590. The van der Waals surface area contributed by atoms with Gasteiger partial charge in [-0.3, -0.25) is 9.78 Å². The number of carbonyl (C=O) groups is 1. The number of carbonyl (C=O) groups excluding carboxylic acids is 1. The lowest BCUT2D eigenvalue weighted by Crippen LogP contribution is -2.50. The SMILES string of the molecule is CCC[C@@H]1C[C@H](N(C)C(C)C)CC[C@@H]1N1CC[C@H](Nc2ccnc3ccc(C(F)(F)F)cc23)C1=O. The predicted molar refractivity (Wildman–Crippen MR) is 133 cm³/mol. The van der Waals surface area contributed by atoms with Crippen LogP contribution in [0.1, 0.15) is 64.9 Å². The third-order valence-corrected chi connectivity index (χ3v) is 8.00. The average molecular weight is 491 g/mol. The zero-order chi connectivity index (χ0) is 25.3. The molecule has 0 spiro atoms. The van der Waals surface area contributed by atoms with Crippen LogP contribution in [-0.2, 0) is 11.0 Å². The molecule has 0 radical (unpaired) electrons.